The van der Waals surface area contributed by atoms with Crippen LogP contribution < -0.4 is 5.32 Å². The maximum Gasteiger partial charge on any atom is 0.00966 e. The van der Waals surface area contributed by atoms with Crippen LogP contribution in [0.15, 0.2) is 35.2 Å². The van der Waals surface area contributed by atoms with Gasteiger partial charge in [0.25, 0.3) is 0 Å². The van der Waals surface area contributed by atoms with Crippen molar-refractivity contribution in [1.82, 2.24) is 5.32 Å². The maximum atomic E-state index is 3.74. The summed E-state index contributed by atoms with van der Waals surface area (Å²) >= 11 is 2.01. The van der Waals surface area contributed by atoms with Crippen molar-refractivity contribution in [2.75, 3.05) is 12.3 Å². The minimum atomic E-state index is 0.240. The van der Waals surface area contributed by atoms with E-state index in [-0.39, 0.29) is 5.54 Å². The molecule has 1 saturated carbocycles. The van der Waals surface area contributed by atoms with Gasteiger partial charge in [-0.3, -0.25) is 0 Å². The van der Waals surface area contributed by atoms with Crippen LogP contribution in [0.4, 0.5) is 0 Å². The van der Waals surface area contributed by atoms with E-state index in [1.165, 1.54) is 49.3 Å². The molecule has 1 aromatic rings. The van der Waals surface area contributed by atoms with Gasteiger partial charge in [0.15, 0.2) is 0 Å². The normalized spacial score (nSPS) is 18.0. The first-order valence-electron chi connectivity index (χ1n) is 8.47. The Morgan fingerprint density at radius 2 is 1.81 bits per heavy atom. The Kier molecular flexibility index (Phi) is 6.63. The van der Waals surface area contributed by atoms with Crippen LogP contribution in [0, 0.1) is 11.8 Å². The first kappa shape index (κ1) is 16.9. The number of hydrogen-bond donors (Lipinski definition) is 1. The monoisotopic (exact) mass is 305 g/mol. The molecule has 1 aliphatic carbocycles. The van der Waals surface area contributed by atoms with Gasteiger partial charge in [-0.1, -0.05) is 43.9 Å². The summed E-state index contributed by atoms with van der Waals surface area (Å²) in [7, 11) is 0. The lowest BCUT2D eigenvalue weighted by Crippen LogP contribution is -2.40. The van der Waals surface area contributed by atoms with Gasteiger partial charge >= 0.3 is 0 Å². The van der Waals surface area contributed by atoms with Crippen LogP contribution in [0.2, 0.25) is 0 Å². The van der Waals surface area contributed by atoms with Crippen LogP contribution in [-0.2, 0) is 0 Å². The first-order chi connectivity index (χ1) is 10.0. The third kappa shape index (κ3) is 6.44. The average molecular weight is 306 g/mol. The quantitative estimate of drug-likeness (QED) is 0.680. The molecular weight excluding hydrogens is 274 g/mol. The zero-order chi connectivity index (χ0) is 15.1. The summed E-state index contributed by atoms with van der Waals surface area (Å²) in [6.45, 7) is 8.01. The number of benzene rings is 1. The van der Waals surface area contributed by atoms with Crippen LogP contribution in [-0.4, -0.2) is 17.8 Å². The van der Waals surface area contributed by atoms with Gasteiger partial charge in [-0.05, 0) is 63.5 Å². The lowest BCUT2D eigenvalue weighted by Gasteiger charge is -2.29. The maximum absolute atomic E-state index is 3.74. The first-order valence-corrected chi connectivity index (χ1v) is 9.46. The van der Waals surface area contributed by atoms with E-state index in [2.05, 4.69) is 56.4 Å². The highest BCUT2D eigenvalue weighted by molar-refractivity contribution is 7.99. The smallest absolute Gasteiger partial charge is 0.00966 e. The van der Waals surface area contributed by atoms with Crippen LogP contribution in [0.25, 0.3) is 0 Å². The summed E-state index contributed by atoms with van der Waals surface area (Å²) in [4.78, 5) is 1.41. The van der Waals surface area contributed by atoms with Gasteiger partial charge in [-0.25, -0.2) is 0 Å². The molecule has 1 fully saturated rings. The second kappa shape index (κ2) is 8.24. The Morgan fingerprint density at radius 3 is 2.43 bits per heavy atom. The van der Waals surface area contributed by atoms with Gasteiger partial charge in [0.2, 0.25) is 0 Å². The molecule has 0 saturated heterocycles. The van der Waals surface area contributed by atoms with E-state index in [9.17, 15) is 0 Å². The predicted octanol–water partition coefficient (Wildman–Crippen LogP) is 5.36. The van der Waals surface area contributed by atoms with Crippen molar-refractivity contribution in [3.8, 4) is 0 Å². The average Bonchev–Trinajstić information content (AvgIpc) is 2.96. The van der Waals surface area contributed by atoms with E-state index in [1.54, 1.807) is 0 Å². The van der Waals surface area contributed by atoms with E-state index < -0.39 is 0 Å². The molecular formula is C19H31NS. The Hall–Kier alpha value is -0.470. The van der Waals surface area contributed by atoms with E-state index in [4.69, 9.17) is 0 Å². The largest absolute Gasteiger partial charge is 0.312 e. The molecule has 1 aromatic carbocycles. The standard InChI is InChI=1S/C19H31NS/c1-19(2,3)20-15-17(16-9-7-8-10-16)13-14-21-18-11-5-4-6-12-18/h4-6,11-12,16-17,20H,7-10,13-15H2,1-3H3. The van der Waals surface area contributed by atoms with Crippen molar-refractivity contribution < 1.29 is 0 Å². The topological polar surface area (TPSA) is 12.0 Å². The van der Waals surface area contributed by atoms with Gasteiger partial charge in [0.1, 0.15) is 0 Å². The van der Waals surface area contributed by atoms with E-state index in [0.717, 1.165) is 11.8 Å². The number of nitrogens with one attached hydrogen (secondary N) is 1. The minimum absolute atomic E-state index is 0.240. The lowest BCUT2D eigenvalue weighted by molar-refractivity contribution is 0.283. The second-order valence-electron chi connectivity index (χ2n) is 7.39. The SMILES string of the molecule is CC(C)(C)NCC(CCSc1ccccc1)C1CCCC1. The summed E-state index contributed by atoms with van der Waals surface area (Å²) in [6.07, 6.45) is 7.14. The molecule has 0 spiro atoms. The highest BCUT2D eigenvalue weighted by atomic mass is 32.2. The van der Waals surface area contributed by atoms with Crippen LogP contribution >= 0.6 is 11.8 Å². The van der Waals surface area contributed by atoms with Crippen LogP contribution in [0.5, 0.6) is 0 Å². The highest BCUT2D eigenvalue weighted by Gasteiger charge is 2.25. The zero-order valence-electron chi connectivity index (χ0n) is 13.9. The van der Waals surface area contributed by atoms with E-state index in [0.29, 0.717) is 0 Å². The van der Waals surface area contributed by atoms with Gasteiger partial charge in [-0.2, -0.15) is 0 Å². The Labute approximate surface area is 135 Å². The number of thioether (sulfide) groups is 1. The molecule has 1 unspecified atom stereocenters. The third-order valence-electron chi connectivity index (χ3n) is 4.46. The molecule has 0 amide bonds. The Balaban J connectivity index is 1.80. The fraction of sp³-hybridized carbons (Fsp3) is 0.684. The fourth-order valence-corrected chi connectivity index (χ4v) is 4.22. The fourth-order valence-electron chi connectivity index (χ4n) is 3.22. The summed E-state index contributed by atoms with van der Waals surface area (Å²) in [5.74, 6) is 3.05. The molecule has 1 atom stereocenters. The van der Waals surface area contributed by atoms with Gasteiger partial charge in [0.05, 0.1) is 0 Å². The Bertz CT molecular complexity index is 390. The molecule has 2 rings (SSSR count). The molecule has 0 aliphatic heterocycles. The van der Waals surface area contributed by atoms with Gasteiger partial charge in [-0.15, -0.1) is 11.8 Å². The third-order valence-corrected chi connectivity index (χ3v) is 5.51. The molecule has 1 aliphatic rings. The predicted molar refractivity (Wildman–Crippen MR) is 95.0 cm³/mol. The molecule has 1 nitrogen and oxygen atoms in total. The van der Waals surface area contributed by atoms with Crippen molar-refractivity contribution in [2.45, 2.75) is 63.3 Å². The van der Waals surface area contributed by atoms with Gasteiger partial charge in [0, 0.05) is 10.4 Å². The van der Waals surface area contributed by atoms with Gasteiger partial charge < -0.3 is 5.32 Å². The highest BCUT2D eigenvalue weighted by Crippen LogP contribution is 2.34. The van der Waals surface area contributed by atoms with Crippen molar-refractivity contribution in [3.63, 3.8) is 0 Å². The van der Waals surface area contributed by atoms with Crippen molar-refractivity contribution in [1.29, 1.82) is 0 Å². The van der Waals surface area contributed by atoms with Crippen LogP contribution in [0.1, 0.15) is 52.9 Å². The molecule has 21 heavy (non-hydrogen) atoms. The van der Waals surface area contributed by atoms with Crippen molar-refractivity contribution in [2.24, 2.45) is 11.8 Å². The summed E-state index contributed by atoms with van der Waals surface area (Å²) < 4.78 is 0. The zero-order valence-corrected chi connectivity index (χ0v) is 14.7. The number of hydrogen-bond acceptors (Lipinski definition) is 2. The van der Waals surface area contributed by atoms with Crippen molar-refractivity contribution in [3.05, 3.63) is 30.3 Å². The summed E-state index contributed by atoms with van der Waals surface area (Å²) in [6, 6.07) is 10.8. The molecule has 0 heterocycles. The van der Waals surface area contributed by atoms with Crippen LogP contribution in [0.3, 0.4) is 0 Å². The molecule has 0 radical (unpaired) electrons. The second-order valence-corrected chi connectivity index (χ2v) is 8.55. The minimum Gasteiger partial charge on any atom is -0.312 e. The molecule has 2 heteroatoms. The molecule has 0 bridgehead atoms. The van der Waals surface area contributed by atoms with E-state index in [1.807, 2.05) is 11.8 Å². The van der Waals surface area contributed by atoms with E-state index >= 15 is 0 Å². The van der Waals surface area contributed by atoms with Crippen molar-refractivity contribution >= 4 is 11.8 Å². The summed E-state index contributed by atoms with van der Waals surface area (Å²) in [5.41, 5.74) is 0.240. The molecule has 0 aromatic heterocycles. The number of rotatable bonds is 7. The molecule has 118 valence electrons. The molecule has 1 N–H and O–H groups in total. The lowest BCUT2D eigenvalue weighted by atomic mass is 9.88. The Morgan fingerprint density at radius 1 is 1.14 bits per heavy atom. The summed E-state index contributed by atoms with van der Waals surface area (Å²) in [5, 5.41) is 3.74.